The molecule has 0 bridgehead atoms. The van der Waals surface area contributed by atoms with Gasteiger partial charge in [-0.2, -0.15) is 0 Å². The molecule has 8 N–H and O–H groups in total. The number of carbonyl (C=O) groups excluding carboxylic acids is 2. The van der Waals surface area contributed by atoms with Gasteiger partial charge >= 0.3 is 0 Å². The number of amides is 2. The van der Waals surface area contributed by atoms with E-state index >= 15 is 0 Å². The molecular formula is C22H37N5O6. The summed E-state index contributed by atoms with van der Waals surface area (Å²) in [5.74, 6) is -1.65. The summed E-state index contributed by atoms with van der Waals surface area (Å²) in [6.45, 7) is 0.302. The number of benzene rings is 1. The fourth-order valence-corrected chi connectivity index (χ4v) is 4.29. The molecule has 1 saturated heterocycles. The molecule has 1 aliphatic heterocycles. The molecule has 0 atom stereocenters. The predicted octanol–water partition coefficient (Wildman–Crippen LogP) is -3.09. The van der Waals surface area contributed by atoms with Crippen molar-refractivity contribution in [2.45, 2.75) is 24.0 Å². The van der Waals surface area contributed by atoms with Crippen LogP contribution in [0.5, 0.6) is 0 Å². The Hall–Kier alpha value is -2.12. The maximum absolute atomic E-state index is 12.2. The fraction of sp³-hybridized carbons (Fsp3) is 0.636. The van der Waals surface area contributed by atoms with E-state index in [1.54, 1.807) is 9.80 Å². The van der Waals surface area contributed by atoms with Crippen molar-refractivity contribution in [3.8, 4) is 0 Å². The van der Waals surface area contributed by atoms with Gasteiger partial charge < -0.3 is 31.9 Å². The van der Waals surface area contributed by atoms with E-state index in [1.165, 1.54) is 0 Å². The molecule has 2 amide bonds. The zero-order valence-electron chi connectivity index (χ0n) is 19.0. The molecule has 33 heavy (non-hydrogen) atoms. The van der Waals surface area contributed by atoms with E-state index in [9.17, 15) is 30.0 Å². The maximum Gasteiger partial charge on any atom is 0.242 e. The van der Waals surface area contributed by atoms with Crippen molar-refractivity contribution in [2.24, 2.45) is 11.5 Å². The van der Waals surface area contributed by atoms with Gasteiger partial charge in [-0.15, -0.1) is 0 Å². The SMILES string of the molecule is NC(=O)C(CO)(CO)N1CCCN(C(CO)(CO)C(N)=O)CCN(Cc2ccccc2)CC1. The van der Waals surface area contributed by atoms with Crippen LogP contribution in [-0.2, 0) is 16.1 Å². The molecule has 0 spiro atoms. The molecule has 1 fully saturated rings. The van der Waals surface area contributed by atoms with Gasteiger partial charge in [-0.25, -0.2) is 0 Å². The van der Waals surface area contributed by atoms with Crippen LogP contribution in [0.1, 0.15) is 12.0 Å². The van der Waals surface area contributed by atoms with Crippen molar-refractivity contribution in [2.75, 3.05) is 65.7 Å². The second-order valence-electron chi connectivity index (χ2n) is 8.51. The average Bonchev–Trinajstić information content (AvgIpc) is 2.81. The third-order valence-corrected chi connectivity index (χ3v) is 6.65. The van der Waals surface area contributed by atoms with Crippen LogP contribution >= 0.6 is 0 Å². The number of primary amides is 2. The highest BCUT2D eigenvalue weighted by molar-refractivity contribution is 5.85. The van der Waals surface area contributed by atoms with Crippen molar-refractivity contribution in [1.29, 1.82) is 0 Å². The standard InChI is InChI=1S/C22H37N5O6/c23-19(32)21(14-28,15-29)26-7-4-8-27(22(16-30,17-31)20(24)33)12-10-25(9-11-26)13-18-5-2-1-3-6-18/h1-3,5-6,28-31H,4,7-17H2,(H2,23,32)(H2,24,33). The lowest BCUT2D eigenvalue weighted by molar-refractivity contribution is -0.139. The van der Waals surface area contributed by atoms with Gasteiger partial charge in [0, 0.05) is 45.8 Å². The number of hydrogen-bond acceptors (Lipinski definition) is 9. The summed E-state index contributed by atoms with van der Waals surface area (Å²) in [5.41, 5.74) is 8.94. The number of aliphatic hydroxyl groups excluding tert-OH is 4. The Morgan fingerprint density at radius 3 is 1.52 bits per heavy atom. The molecule has 0 radical (unpaired) electrons. The molecule has 0 aliphatic carbocycles. The Labute approximate surface area is 194 Å². The summed E-state index contributed by atoms with van der Waals surface area (Å²) in [7, 11) is 0. The molecule has 1 aromatic carbocycles. The zero-order chi connectivity index (χ0) is 24.5. The summed E-state index contributed by atoms with van der Waals surface area (Å²) in [4.78, 5) is 29.9. The van der Waals surface area contributed by atoms with E-state index in [0.29, 0.717) is 39.1 Å². The van der Waals surface area contributed by atoms with Gasteiger partial charge in [0.2, 0.25) is 11.8 Å². The molecule has 1 aromatic rings. The van der Waals surface area contributed by atoms with Gasteiger partial charge in [0.1, 0.15) is 11.1 Å². The van der Waals surface area contributed by atoms with Gasteiger partial charge in [-0.05, 0) is 12.0 Å². The normalized spacial score (nSPS) is 18.2. The molecule has 2 rings (SSSR count). The largest absolute Gasteiger partial charge is 0.394 e. The Balaban J connectivity index is 2.37. The highest BCUT2D eigenvalue weighted by Gasteiger charge is 2.44. The van der Waals surface area contributed by atoms with E-state index in [1.807, 2.05) is 30.3 Å². The molecule has 11 nitrogen and oxygen atoms in total. The average molecular weight is 468 g/mol. The Morgan fingerprint density at radius 2 is 1.15 bits per heavy atom. The van der Waals surface area contributed by atoms with E-state index < -0.39 is 49.3 Å². The first-order chi connectivity index (χ1) is 15.8. The molecule has 0 saturated carbocycles. The second-order valence-corrected chi connectivity index (χ2v) is 8.51. The van der Waals surface area contributed by atoms with Crippen LogP contribution in [0.2, 0.25) is 0 Å². The van der Waals surface area contributed by atoms with E-state index in [-0.39, 0.29) is 13.1 Å². The lowest BCUT2D eigenvalue weighted by atomic mass is 9.96. The van der Waals surface area contributed by atoms with Gasteiger partial charge in [0.05, 0.1) is 26.4 Å². The number of nitrogens with two attached hydrogens (primary N) is 2. The van der Waals surface area contributed by atoms with Gasteiger partial charge in [-0.3, -0.25) is 24.3 Å². The summed E-state index contributed by atoms with van der Waals surface area (Å²) in [6.07, 6.45) is 0.419. The number of nitrogens with zero attached hydrogens (tertiary/aromatic N) is 3. The Bertz CT molecular complexity index is 715. The lowest BCUT2D eigenvalue weighted by Gasteiger charge is -2.44. The smallest absolute Gasteiger partial charge is 0.242 e. The van der Waals surface area contributed by atoms with Crippen LogP contribution in [0.15, 0.2) is 30.3 Å². The molecule has 0 unspecified atom stereocenters. The lowest BCUT2D eigenvalue weighted by Crippen LogP contribution is -2.66. The third-order valence-electron chi connectivity index (χ3n) is 6.65. The quantitative estimate of drug-likeness (QED) is 0.208. The minimum Gasteiger partial charge on any atom is -0.394 e. The molecule has 186 valence electrons. The summed E-state index contributed by atoms with van der Waals surface area (Å²) in [5, 5.41) is 39.9. The predicted molar refractivity (Wildman–Crippen MR) is 122 cm³/mol. The second kappa shape index (κ2) is 12.4. The number of hydrogen-bond donors (Lipinski definition) is 6. The zero-order valence-corrected chi connectivity index (χ0v) is 19.0. The first kappa shape index (κ1) is 27.1. The van der Waals surface area contributed by atoms with Crippen LogP contribution < -0.4 is 11.5 Å². The number of rotatable bonds is 10. The Kier molecular flexibility index (Phi) is 10.2. The van der Waals surface area contributed by atoms with E-state index in [0.717, 1.165) is 5.56 Å². The number of aliphatic hydroxyl groups is 4. The van der Waals surface area contributed by atoms with Crippen LogP contribution in [0, 0.1) is 0 Å². The summed E-state index contributed by atoms with van der Waals surface area (Å²) < 4.78 is 0. The van der Waals surface area contributed by atoms with Crippen LogP contribution in [0.25, 0.3) is 0 Å². The minimum absolute atomic E-state index is 0.283. The maximum atomic E-state index is 12.2. The first-order valence-corrected chi connectivity index (χ1v) is 11.1. The Morgan fingerprint density at radius 1 is 0.727 bits per heavy atom. The molecular weight excluding hydrogens is 430 g/mol. The van der Waals surface area contributed by atoms with Gasteiger partial charge in [0.25, 0.3) is 0 Å². The van der Waals surface area contributed by atoms with Crippen molar-refractivity contribution in [3.63, 3.8) is 0 Å². The topological polar surface area (TPSA) is 177 Å². The highest BCUT2D eigenvalue weighted by atomic mass is 16.3. The van der Waals surface area contributed by atoms with Gasteiger partial charge in [0.15, 0.2) is 0 Å². The third kappa shape index (κ3) is 6.07. The molecule has 1 aliphatic rings. The summed E-state index contributed by atoms with van der Waals surface area (Å²) in [6, 6.07) is 9.75. The number of carbonyl (C=O) groups is 2. The van der Waals surface area contributed by atoms with Crippen LogP contribution in [0.4, 0.5) is 0 Å². The van der Waals surface area contributed by atoms with E-state index in [4.69, 9.17) is 11.5 Å². The monoisotopic (exact) mass is 467 g/mol. The molecule has 11 heteroatoms. The fourth-order valence-electron chi connectivity index (χ4n) is 4.29. The van der Waals surface area contributed by atoms with Crippen LogP contribution in [0.3, 0.4) is 0 Å². The van der Waals surface area contributed by atoms with Crippen molar-refractivity contribution >= 4 is 11.8 Å². The van der Waals surface area contributed by atoms with Gasteiger partial charge in [-0.1, -0.05) is 30.3 Å². The van der Waals surface area contributed by atoms with Crippen molar-refractivity contribution < 1.29 is 30.0 Å². The van der Waals surface area contributed by atoms with E-state index in [2.05, 4.69) is 4.90 Å². The summed E-state index contributed by atoms with van der Waals surface area (Å²) >= 11 is 0. The minimum atomic E-state index is -1.63. The van der Waals surface area contributed by atoms with Crippen LogP contribution in [-0.4, -0.2) is 124 Å². The van der Waals surface area contributed by atoms with Crippen molar-refractivity contribution in [1.82, 2.24) is 14.7 Å². The highest BCUT2D eigenvalue weighted by Crippen LogP contribution is 2.20. The van der Waals surface area contributed by atoms with Crippen molar-refractivity contribution in [3.05, 3.63) is 35.9 Å². The first-order valence-electron chi connectivity index (χ1n) is 11.1. The molecule has 0 aromatic heterocycles. The molecule has 1 heterocycles.